The van der Waals surface area contributed by atoms with Crippen molar-refractivity contribution in [3.05, 3.63) is 40.4 Å². The fraction of sp³-hybridized carbons (Fsp3) is 0.200. The lowest BCUT2D eigenvalue weighted by molar-refractivity contribution is 0.597. The highest BCUT2D eigenvalue weighted by molar-refractivity contribution is 7.88. The SMILES string of the molecule is C=Cc1cc(CN)cc(Cl)c1CS(N)(=O)=O. The molecule has 0 radical (unpaired) electrons. The van der Waals surface area contributed by atoms with E-state index in [4.69, 9.17) is 22.5 Å². The van der Waals surface area contributed by atoms with Gasteiger partial charge in [-0.3, -0.25) is 0 Å². The van der Waals surface area contributed by atoms with Crippen LogP contribution in [0.2, 0.25) is 5.02 Å². The third-order valence-electron chi connectivity index (χ3n) is 2.09. The molecule has 0 atom stereocenters. The molecule has 0 aliphatic rings. The van der Waals surface area contributed by atoms with Crippen LogP contribution < -0.4 is 10.9 Å². The molecule has 4 N–H and O–H groups in total. The summed E-state index contributed by atoms with van der Waals surface area (Å²) in [4.78, 5) is 0. The number of sulfonamides is 1. The minimum Gasteiger partial charge on any atom is -0.326 e. The molecule has 0 aliphatic carbocycles. The molecule has 0 saturated carbocycles. The highest BCUT2D eigenvalue weighted by atomic mass is 35.5. The molecule has 0 aromatic heterocycles. The quantitative estimate of drug-likeness (QED) is 0.854. The summed E-state index contributed by atoms with van der Waals surface area (Å²) in [5.41, 5.74) is 7.40. The van der Waals surface area contributed by atoms with Crippen LogP contribution in [0.4, 0.5) is 0 Å². The number of benzene rings is 1. The first-order valence-electron chi connectivity index (χ1n) is 4.51. The van der Waals surface area contributed by atoms with Gasteiger partial charge in [0.1, 0.15) is 0 Å². The standard InChI is InChI=1S/C10H13ClN2O2S/c1-2-8-3-7(5-12)4-10(11)9(8)6-16(13,14)15/h2-4H,1,5-6,12H2,(H2,13,14,15). The Balaban J connectivity index is 3.32. The van der Waals surface area contributed by atoms with E-state index >= 15 is 0 Å². The van der Waals surface area contributed by atoms with Gasteiger partial charge in [0.15, 0.2) is 0 Å². The molecule has 1 aromatic rings. The highest BCUT2D eigenvalue weighted by Gasteiger charge is 2.13. The third kappa shape index (κ3) is 3.31. The van der Waals surface area contributed by atoms with Crippen LogP contribution in [-0.4, -0.2) is 8.42 Å². The van der Waals surface area contributed by atoms with E-state index in [2.05, 4.69) is 6.58 Å². The van der Waals surface area contributed by atoms with Crippen LogP contribution in [0.5, 0.6) is 0 Å². The largest absolute Gasteiger partial charge is 0.326 e. The highest BCUT2D eigenvalue weighted by Crippen LogP contribution is 2.25. The third-order valence-corrected chi connectivity index (χ3v) is 3.12. The molecule has 0 fully saturated rings. The lowest BCUT2D eigenvalue weighted by Gasteiger charge is -2.09. The van der Waals surface area contributed by atoms with Crippen molar-refractivity contribution >= 4 is 27.7 Å². The molecule has 0 saturated heterocycles. The Morgan fingerprint density at radius 2 is 2.06 bits per heavy atom. The Kier molecular flexibility index (Phi) is 4.09. The van der Waals surface area contributed by atoms with E-state index in [1.165, 1.54) is 6.08 Å². The van der Waals surface area contributed by atoms with Crippen molar-refractivity contribution in [2.45, 2.75) is 12.3 Å². The maximum Gasteiger partial charge on any atom is 0.213 e. The summed E-state index contributed by atoms with van der Waals surface area (Å²) in [5.74, 6) is -0.308. The summed E-state index contributed by atoms with van der Waals surface area (Å²) in [5, 5.41) is 5.32. The van der Waals surface area contributed by atoms with Crippen LogP contribution in [0.25, 0.3) is 6.08 Å². The van der Waals surface area contributed by atoms with E-state index in [0.717, 1.165) is 5.56 Å². The van der Waals surface area contributed by atoms with Crippen molar-refractivity contribution in [3.63, 3.8) is 0 Å². The zero-order valence-electron chi connectivity index (χ0n) is 8.61. The molecule has 0 bridgehead atoms. The van der Waals surface area contributed by atoms with Gasteiger partial charge in [-0.25, -0.2) is 13.6 Å². The molecule has 0 spiro atoms. The van der Waals surface area contributed by atoms with Gasteiger partial charge < -0.3 is 5.73 Å². The summed E-state index contributed by atoms with van der Waals surface area (Å²) in [6.07, 6.45) is 1.53. The fourth-order valence-corrected chi connectivity index (χ4v) is 2.49. The van der Waals surface area contributed by atoms with Gasteiger partial charge >= 0.3 is 0 Å². The number of primary sulfonamides is 1. The maximum absolute atomic E-state index is 11.0. The monoisotopic (exact) mass is 260 g/mol. The first-order valence-corrected chi connectivity index (χ1v) is 6.61. The number of nitrogens with two attached hydrogens (primary N) is 2. The van der Waals surface area contributed by atoms with Gasteiger partial charge in [-0.2, -0.15) is 0 Å². The lowest BCUT2D eigenvalue weighted by atomic mass is 10.0. The van der Waals surface area contributed by atoms with E-state index in [9.17, 15) is 8.42 Å². The van der Waals surface area contributed by atoms with Gasteiger partial charge in [-0.15, -0.1) is 0 Å². The summed E-state index contributed by atoms with van der Waals surface area (Å²) in [7, 11) is -3.62. The van der Waals surface area contributed by atoms with E-state index in [-0.39, 0.29) is 5.75 Å². The Morgan fingerprint density at radius 1 is 1.44 bits per heavy atom. The van der Waals surface area contributed by atoms with Crippen LogP contribution in [0, 0.1) is 0 Å². The second kappa shape index (κ2) is 4.97. The zero-order valence-corrected chi connectivity index (χ0v) is 10.2. The van der Waals surface area contributed by atoms with Gasteiger partial charge in [0.25, 0.3) is 0 Å². The van der Waals surface area contributed by atoms with Gasteiger partial charge in [0.05, 0.1) is 5.75 Å². The van der Waals surface area contributed by atoms with E-state index < -0.39 is 10.0 Å². The van der Waals surface area contributed by atoms with Gasteiger partial charge in [0.2, 0.25) is 10.0 Å². The topological polar surface area (TPSA) is 86.2 Å². The van der Waals surface area contributed by atoms with Gasteiger partial charge in [0, 0.05) is 11.6 Å². The average Bonchev–Trinajstić information content (AvgIpc) is 2.19. The predicted octanol–water partition coefficient (Wildman–Crippen LogP) is 1.23. The normalized spacial score (nSPS) is 11.4. The molecule has 16 heavy (non-hydrogen) atoms. The molecule has 1 aromatic carbocycles. The Hall–Kier alpha value is -0.880. The summed E-state index contributed by atoms with van der Waals surface area (Å²) in [6, 6.07) is 3.38. The van der Waals surface area contributed by atoms with E-state index in [0.29, 0.717) is 22.7 Å². The van der Waals surface area contributed by atoms with Gasteiger partial charge in [-0.05, 0) is 22.8 Å². The smallest absolute Gasteiger partial charge is 0.213 e. The Labute approximate surface area is 99.9 Å². The molecule has 4 nitrogen and oxygen atoms in total. The molecule has 0 amide bonds. The van der Waals surface area contributed by atoms with Crippen molar-refractivity contribution < 1.29 is 8.42 Å². The molecule has 0 unspecified atom stereocenters. The van der Waals surface area contributed by atoms with Crippen LogP contribution in [0.1, 0.15) is 16.7 Å². The Morgan fingerprint density at radius 3 is 2.50 bits per heavy atom. The van der Waals surface area contributed by atoms with Crippen LogP contribution in [-0.2, 0) is 22.3 Å². The van der Waals surface area contributed by atoms with E-state index in [1.807, 2.05) is 0 Å². The molecular formula is C10H13ClN2O2S. The molecular weight excluding hydrogens is 248 g/mol. The van der Waals surface area contributed by atoms with E-state index in [1.54, 1.807) is 12.1 Å². The minimum absolute atomic E-state index is 0.308. The predicted molar refractivity (Wildman–Crippen MR) is 66.2 cm³/mol. The second-order valence-corrected chi connectivity index (χ2v) is 5.38. The number of rotatable bonds is 4. The van der Waals surface area contributed by atoms with Crippen molar-refractivity contribution in [2.24, 2.45) is 10.9 Å². The first kappa shape index (κ1) is 13.2. The molecule has 88 valence electrons. The summed E-state index contributed by atoms with van der Waals surface area (Å²) < 4.78 is 22.1. The number of hydrogen-bond donors (Lipinski definition) is 2. The average molecular weight is 261 g/mol. The van der Waals surface area contributed by atoms with Crippen LogP contribution >= 0.6 is 11.6 Å². The maximum atomic E-state index is 11.0. The summed E-state index contributed by atoms with van der Waals surface area (Å²) in [6.45, 7) is 3.93. The van der Waals surface area contributed by atoms with Crippen LogP contribution in [0.3, 0.4) is 0 Å². The minimum atomic E-state index is -3.62. The van der Waals surface area contributed by atoms with Crippen LogP contribution in [0.15, 0.2) is 18.7 Å². The fourth-order valence-electron chi connectivity index (χ4n) is 1.37. The van der Waals surface area contributed by atoms with Crippen molar-refractivity contribution in [1.82, 2.24) is 0 Å². The molecule has 0 aliphatic heterocycles. The molecule has 1 rings (SSSR count). The lowest BCUT2D eigenvalue weighted by Crippen LogP contribution is -2.15. The van der Waals surface area contributed by atoms with Crippen molar-refractivity contribution in [1.29, 1.82) is 0 Å². The number of hydrogen-bond acceptors (Lipinski definition) is 3. The van der Waals surface area contributed by atoms with Crippen molar-refractivity contribution in [3.8, 4) is 0 Å². The zero-order chi connectivity index (χ0) is 12.3. The summed E-state index contributed by atoms with van der Waals surface area (Å²) >= 11 is 5.97. The number of halogens is 1. The van der Waals surface area contributed by atoms with Gasteiger partial charge in [-0.1, -0.05) is 30.3 Å². The second-order valence-electron chi connectivity index (χ2n) is 3.36. The van der Waals surface area contributed by atoms with Crippen molar-refractivity contribution in [2.75, 3.05) is 0 Å². The molecule has 0 heterocycles. The Bertz CT molecular complexity index is 512. The first-order chi connectivity index (χ1) is 7.37. The molecule has 6 heteroatoms.